The van der Waals surface area contributed by atoms with Gasteiger partial charge < -0.3 is 20.5 Å². The molecule has 2 rings (SSSR count). The summed E-state index contributed by atoms with van der Waals surface area (Å²) in [5.41, 5.74) is 6.78. The molecule has 1 aliphatic rings. The highest BCUT2D eigenvalue weighted by atomic mass is 16.5. The standard InChI is InChI=1S/C13H18N2O3/c1-17-12-7-9(4-5-11(12)14)13(16)15-10-3-2-6-18-8-10/h4-5,7,10H,2-3,6,8,14H2,1H3,(H,15,16). The van der Waals surface area contributed by atoms with E-state index in [4.69, 9.17) is 15.2 Å². The number of ether oxygens (including phenoxy) is 2. The Balaban J connectivity index is 2.03. The van der Waals surface area contributed by atoms with E-state index in [0.29, 0.717) is 23.6 Å². The van der Waals surface area contributed by atoms with Crippen LogP contribution in [-0.4, -0.2) is 32.3 Å². The smallest absolute Gasteiger partial charge is 0.251 e. The van der Waals surface area contributed by atoms with E-state index < -0.39 is 0 Å². The van der Waals surface area contributed by atoms with Crippen molar-refractivity contribution in [2.24, 2.45) is 0 Å². The zero-order valence-electron chi connectivity index (χ0n) is 10.4. The molecule has 1 aromatic carbocycles. The lowest BCUT2D eigenvalue weighted by Crippen LogP contribution is -2.40. The van der Waals surface area contributed by atoms with Crippen molar-refractivity contribution in [2.75, 3.05) is 26.1 Å². The Labute approximate surface area is 106 Å². The molecule has 1 atom stereocenters. The minimum atomic E-state index is -0.121. The van der Waals surface area contributed by atoms with Crippen LogP contribution in [0.2, 0.25) is 0 Å². The molecule has 0 bridgehead atoms. The fourth-order valence-corrected chi connectivity index (χ4v) is 1.98. The van der Waals surface area contributed by atoms with Crippen LogP contribution in [0.4, 0.5) is 5.69 Å². The van der Waals surface area contributed by atoms with Crippen molar-refractivity contribution in [1.82, 2.24) is 5.32 Å². The summed E-state index contributed by atoms with van der Waals surface area (Å²) >= 11 is 0. The predicted octanol–water partition coefficient (Wildman–Crippen LogP) is 1.19. The number of anilines is 1. The Morgan fingerprint density at radius 3 is 3.06 bits per heavy atom. The van der Waals surface area contributed by atoms with Gasteiger partial charge >= 0.3 is 0 Å². The normalized spacial score (nSPS) is 19.3. The highest BCUT2D eigenvalue weighted by Crippen LogP contribution is 2.22. The maximum absolute atomic E-state index is 12.0. The van der Waals surface area contributed by atoms with Crippen molar-refractivity contribution >= 4 is 11.6 Å². The third kappa shape index (κ3) is 2.92. The van der Waals surface area contributed by atoms with Gasteiger partial charge in [-0.05, 0) is 31.0 Å². The quantitative estimate of drug-likeness (QED) is 0.790. The number of rotatable bonds is 3. The van der Waals surface area contributed by atoms with Gasteiger partial charge in [-0.25, -0.2) is 0 Å². The first-order chi connectivity index (χ1) is 8.70. The molecule has 0 aliphatic carbocycles. The van der Waals surface area contributed by atoms with E-state index in [0.717, 1.165) is 19.4 Å². The van der Waals surface area contributed by atoms with E-state index in [1.54, 1.807) is 18.2 Å². The molecule has 0 spiro atoms. The molecular weight excluding hydrogens is 232 g/mol. The highest BCUT2D eigenvalue weighted by Gasteiger charge is 2.17. The summed E-state index contributed by atoms with van der Waals surface area (Å²) in [7, 11) is 1.53. The Bertz CT molecular complexity index is 428. The lowest BCUT2D eigenvalue weighted by molar-refractivity contribution is 0.0624. The van der Waals surface area contributed by atoms with Gasteiger partial charge in [-0.3, -0.25) is 4.79 Å². The molecule has 0 aromatic heterocycles. The minimum Gasteiger partial charge on any atom is -0.495 e. The van der Waals surface area contributed by atoms with Crippen molar-refractivity contribution in [1.29, 1.82) is 0 Å². The molecule has 1 aliphatic heterocycles. The summed E-state index contributed by atoms with van der Waals surface area (Å²) in [6.07, 6.45) is 1.94. The van der Waals surface area contributed by atoms with Crippen molar-refractivity contribution in [3.8, 4) is 5.75 Å². The van der Waals surface area contributed by atoms with Gasteiger partial charge in [0.15, 0.2) is 0 Å². The number of carbonyl (C=O) groups excluding carboxylic acids is 1. The zero-order chi connectivity index (χ0) is 13.0. The maximum Gasteiger partial charge on any atom is 0.251 e. The number of nitrogen functional groups attached to an aromatic ring is 1. The van der Waals surface area contributed by atoms with Crippen LogP contribution in [0.3, 0.4) is 0 Å². The van der Waals surface area contributed by atoms with E-state index in [-0.39, 0.29) is 11.9 Å². The van der Waals surface area contributed by atoms with Gasteiger partial charge in [-0.1, -0.05) is 0 Å². The van der Waals surface area contributed by atoms with Crippen LogP contribution >= 0.6 is 0 Å². The second-order valence-corrected chi connectivity index (χ2v) is 4.34. The molecule has 98 valence electrons. The second kappa shape index (κ2) is 5.73. The third-order valence-corrected chi connectivity index (χ3v) is 2.99. The maximum atomic E-state index is 12.0. The van der Waals surface area contributed by atoms with Crippen molar-refractivity contribution in [3.05, 3.63) is 23.8 Å². The predicted molar refractivity (Wildman–Crippen MR) is 68.7 cm³/mol. The monoisotopic (exact) mass is 250 g/mol. The van der Waals surface area contributed by atoms with Crippen LogP contribution in [0.1, 0.15) is 23.2 Å². The van der Waals surface area contributed by atoms with Gasteiger partial charge in [-0.15, -0.1) is 0 Å². The van der Waals surface area contributed by atoms with E-state index in [2.05, 4.69) is 5.32 Å². The van der Waals surface area contributed by atoms with Gasteiger partial charge in [0, 0.05) is 12.2 Å². The summed E-state index contributed by atoms with van der Waals surface area (Å²) in [5.74, 6) is 0.395. The number of hydrogen-bond acceptors (Lipinski definition) is 4. The van der Waals surface area contributed by atoms with Gasteiger partial charge in [-0.2, -0.15) is 0 Å². The average Bonchev–Trinajstić information content (AvgIpc) is 2.40. The van der Waals surface area contributed by atoms with Crippen LogP contribution in [0.15, 0.2) is 18.2 Å². The van der Waals surface area contributed by atoms with E-state index >= 15 is 0 Å². The van der Waals surface area contributed by atoms with Crippen LogP contribution in [0, 0.1) is 0 Å². The molecule has 0 radical (unpaired) electrons. The summed E-state index contributed by atoms with van der Waals surface area (Å²) < 4.78 is 10.4. The largest absolute Gasteiger partial charge is 0.495 e. The molecule has 1 unspecified atom stereocenters. The van der Waals surface area contributed by atoms with Crippen molar-refractivity contribution in [2.45, 2.75) is 18.9 Å². The molecule has 5 nitrogen and oxygen atoms in total. The Morgan fingerprint density at radius 1 is 1.56 bits per heavy atom. The van der Waals surface area contributed by atoms with Gasteiger partial charge in [0.05, 0.1) is 25.4 Å². The molecule has 0 saturated carbocycles. The van der Waals surface area contributed by atoms with Crippen LogP contribution in [0.25, 0.3) is 0 Å². The second-order valence-electron chi connectivity index (χ2n) is 4.34. The van der Waals surface area contributed by atoms with Crippen LogP contribution in [0.5, 0.6) is 5.75 Å². The fraction of sp³-hybridized carbons (Fsp3) is 0.462. The summed E-state index contributed by atoms with van der Waals surface area (Å²) in [6.45, 7) is 1.36. The molecule has 1 saturated heterocycles. The zero-order valence-corrected chi connectivity index (χ0v) is 10.4. The lowest BCUT2D eigenvalue weighted by atomic mass is 10.1. The number of nitrogens with two attached hydrogens (primary N) is 1. The van der Waals surface area contributed by atoms with E-state index in [9.17, 15) is 4.79 Å². The molecule has 1 aromatic rings. The first-order valence-electron chi connectivity index (χ1n) is 6.03. The Morgan fingerprint density at radius 2 is 2.39 bits per heavy atom. The average molecular weight is 250 g/mol. The molecule has 1 amide bonds. The lowest BCUT2D eigenvalue weighted by Gasteiger charge is -2.23. The molecular formula is C13H18N2O3. The molecule has 1 fully saturated rings. The topological polar surface area (TPSA) is 73.6 Å². The van der Waals surface area contributed by atoms with Gasteiger partial charge in [0.2, 0.25) is 0 Å². The Hall–Kier alpha value is -1.75. The van der Waals surface area contributed by atoms with E-state index in [1.165, 1.54) is 7.11 Å². The third-order valence-electron chi connectivity index (χ3n) is 2.99. The van der Waals surface area contributed by atoms with Crippen LogP contribution in [-0.2, 0) is 4.74 Å². The summed E-state index contributed by atoms with van der Waals surface area (Å²) in [6, 6.07) is 5.10. The fourth-order valence-electron chi connectivity index (χ4n) is 1.98. The van der Waals surface area contributed by atoms with Crippen molar-refractivity contribution in [3.63, 3.8) is 0 Å². The first-order valence-corrected chi connectivity index (χ1v) is 6.03. The van der Waals surface area contributed by atoms with Crippen LogP contribution < -0.4 is 15.8 Å². The number of nitrogens with one attached hydrogen (secondary N) is 1. The minimum absolute atomic E-state index is 0.0924. The number of carbonyl (C=O) groups is 1. The molecule has 5 heteroatoms. The number of hydrogen-bond donors (Lipinski definition) is 2. The van der Waals surface area contributed by atoms with E-state index in [1.807, 2.05) is 0 Å². The highest BCUT2D eigenvalue weighted by molar-refractivity contribution is 5.95. The molecule has 1 heterocycles. The molecule has 3 N–H and O–H groups in total. The summed E-state index contributed by atoms with van der Waals surface area (Å²) in [4.78, 5) is 12.0. The number of amides is 1. The number of benzene rings is 1. The Kier molecular flexibility index (Phi) is 4.04. The van der Waals surface area contributed by atoms with Gasteiger partial charge in [0.25, 0.3) is 5.91 Å². The SMILES string of the molecule is COc1cc(C(=O)NC2CCCOC2)ccc1N. The number of methoxy groups -OCH3 is 1. The molecule has 18 heavy (non-hydrogen) atoms. The first kappa shape index (κ1) is 12.7. The van der Waals surface area contributed by atoms with Crippen molar-refractivity contribution < 1.29 is 14.3 Å². The summed E-state index contributed by atoms with van der Waals surface area (Å²) in [5, 5.41) is 2.95. The van der Waals surface area contributed by atoms with Gasteiger partial charge in [0.1, 0.15) is 5.75 Å².